The number of carboxylic acids is 1. The first-order valence-electron chi connectivity index (χ1n) is 5.65. The highest BCUT2D eigenvalue weighted by molar-refractivity contribution is 5.75. The Kier molecular flexibility index (Phi) is 2.75. The van der Waals surface area contributed by atoms with E-state index in [-0.39, 0.29) is 13.2 Å². The van der Waals surface area contributed by atoms with Crippen LogP contribution in [0.1, 0.15) is 5.56 Å². The maximum atomic E-state index is 10.8. The van der Waals surface area contributed by atoms with Crippen molar-refractivity contribution in [2.24, 2.45) is 0 Å². The van der Waals surface area contributed by atoms with E-state index in [1.807, 2.05) is 6.07 Å². The Bertz CT molecular complexity index is 642. The number of hydrogen-bond donors (Lipinski definition) is 1. The number of carboxylic acid groups (broad SMARTS) is 1. The van der Waals surface area contributed by atoms with Gasteiger partial charge in [0.2, 0.25) is 6.79 Å². The van der Waals surface area contributed by atoms with E-state index in [9.17, 15) is 4.79 Å². The van der Waals surface area contributed by atoms with E-state index >= 15 is 0 Å². The van der Waals surface area contributed by atoms with E-state index in [1.165, 1.54) is 12.5 Å². The normalized spacial score (nSPS) is 12.4. The summed E-state index contributed by atoms with van der Waals surface area (Å²) in [5, 5.41) is 8.89. The molecule has 0 bridgehead atoms. The van der Waals surface area contributed by atoms with Gasteiger partial charge >= 0.3 is 5.97 Å². The van der Waals surface area contributed by atoms with Gasteiger partial charge in [0.25, 0.3) is 0 Å². The van der Waals surface area contributed by atoms with Crippen molar-refractivity contribution in [3.05, 3.63) is 36.3 Å². The molecule has 0 unspecified atom stereocenters. The molecule has 3 rings (SSSR count). The summed E-state index contributed by atoms with van der Waals surface area (Å²) in [7, 11) is 0. The summed E-state index contributed by atoms with van der Waals surface area (Å²) < 4.78 is 10.5. The van der Waals surface area contributed by atoms with Crippen molar-refractivity contribution < 1.29 is 19.4 Å². The highest BCUT2D eigenvalue weighted by Gasteiger charge is 2.16. The topological polar surface area (TPSA) is 81.5 Å². The number of fused-ring (bicyclic) bond motifs is 1. The summed E-state index contributed by atoms with van der Waals surface area (Å²) in [6.45, 7) is 0.199. The van der Waals surface area contributed by atoms with Gasteiger partial charge in [-0.1, -0.05) is 0 Å². The predicted molar refractivity (Wildman–Crippen MR) is 64.9 cm³/mol. The van der Waals surface area contributed by atoms with Gasteiger partial charge in [0, 0.05) is 17.3 Å². The molecule has 0 aliphatic carbocycles. The van der Waals surface area contributed by atoms with E-state index in [0.717, 1.165) is 5.56 Å². The summed E-state index contributed by atoms with van der Waals surface area (Å²) in [5.41, 5.74) is 1.94. The molecule has 0 radical (unpaired) electrons. The minimum absolute atomic E-state index is 0.120. The molecule has 0 atom stereocenters. The molecule has 0 saturated heterocycles. The van der Waals surface area contributed by atoms with Crippen molar-refractivity contribution in [1.29, 1.82) is 0 Å². The van der Waals surface area contributed by atoms with Crippen molar-refractivity contribution >= 4 is 5.97 Å². The number of rotatable bonds is 3. The third-order valence-electron chi connectivity index (χ3n) is 2.78. The van der Waals surface area contributed by atoms with Crippen LogP contribution in [-0.4, -0.2) is 27.8 Å². The first kappa shape index (κ1) is 11.5. The number of hydrogen-bond acceptors (Lipinski definition) is 5. The molecule has 0 amide bonds. The SMILES string of the molecule is O=C(O)Cc1cncnc1-c1ccc2c(c1)OCO2. The molecule has 1 aliphatic rings. The number of carbonyl (C=O) groups is 1. The molecular formula is C13H10N2O4. The Morgan fingerprint density at radius 2 is 2.16 bits per heavy atom. The van der Waals surface area contributed by atoms with Crippen LogP contribution >= 0.6 is 0 Å². The Morgan fingerprint density at radius 1 is 1.32 bits per heavy atom. The molecule has 1 aromatic carbocycles. The maximum absolute atomic E-state index is 10.8. The fraction of sp³-hybridized carbons (Fsp3) is 0.154. The lowest BCUT2D eigenvalue weighted by atomic mass is 10.0. The third-order valence-corrected chi connectivity index (χ3v) is 2.78. The van der Waals surface area contributed by atoms with Crippen molar-refractivity contribution in [3.8, 4) is 22.8 Å². The lowest BCUT2D eigenvalue weighted by Crippen LogP contribution is -2.03. The molecule has 0 spiro atoms. The van der Waals surface area contributed by atoms with Gasteiger partial charge in [-0.15, -0.1) is 0 Å². The number of nitrogens with zero attached hydrogens (tertiary/aromatic N) is 2. The van der Waals surface area contributed by atoms with Crippen LogP contribution in [0.2, 0.25) is 0 Å². The van der Waals surface area contributed by atoms with Crippen LogP contribution in [0.4, 0.5) is 0 Å². The van der Waals surface area contributed by atoms with Gasteiger partial charge in [-0.3, -0.25) is 4.79 Å². The Labute approximate surface area is 108 Å². The van der Waals surface area contributed by atoms with Crippen molar-refractivity contribution in [2.75, 3.05) is 6.79 Å². The van der Waals surface area contributed by atoms with E-state index in [1.54, 1.807) is 12.1 Å². The largest absolute Gasteiger partial charge is 0.481 e. The van der Waals surface area contributed by atoms with E-state index in [0.29, 0.717) is 22.8 Å². The number of aromatic nitrogens is 2. The van der Waals surface area contributed by atoms with Crippen LogP contribution in [-0.2, 0) is 11.2 Å². The molecule has 1 N–H and O–H groups in total. The summed E-state index contributed by atoms with van der Waals surface area (Å²) in [6, 6.07) is 5.39. The average Bonchev–Trinajstić information content (AvgIpc) is 2.86. The van der Waals surface area contributed by atoms with Gasteiger partial charge in [0.05, 0.1) is 12.1 Å². The smallest absolute Gasteiger partial charge is 0.307 e. The third kappa shape index (κ3) is 2.20. The first-order valence-corrected chi connectivity index (χ1v) is 5.65. The second-order valence-corrected chi connectivity index (χ2v) is 4.04. The minimum atomic E-state index is -0.920. The molecule has 0 saturated carbocycles. The predicted octanol–water partition coefficient (Wildman–Crippen LogP) is 1.50. The van der Waals surface area contributed by atoms with Crippen molar-refractivity contribution in [2.45, 2.75) is 6.42 Å². The van der Waals surface area contributed by atoms with Crippen LogP contribution in [0.5, 0.6) is 11.5 Å². The monoisotopic (exact) mass is 258 g/mol. The molecule has 1 aliphatic heterocycles. The van der Waals surface area contributed by atoms with Crippen LogP contribution in [0.25, 0.3) is 11.3 Å². The quantitative estimate of drug-likeness (QED) is 0.898. The molecule has 2 aromatic rings. The second-order valence-electron chi connectivity index (χ2n) is 4.04. The standard InChI is InChI=1S/C13H10N2O4/c16-12(17)4-9-5-14-6-15-13(9)8-1-2-10-11(3-8)19-7-18-10/h1-3,5-6H,4,7H2,(H,16,17). The fourth-order valence-corrected chi connectivity index (χ4v) is 1.95. The molecular weight excluding hydrogens is 248 g/mol. The van der Waals surface area contributed by atoms with Gasteiger partial charge in [0.1, 0.15) is 6.33 Å². The van der Waals surface area contributed by atoms with Crippen LogP contribution < -0.4 is 9.47 Å². The summed E-state index contributed by atoms with van der Waals surface area (Å²) in [6.07, 6.45) is 2.79. The maximum Gasteiger partial charge on any atom is 0.307 e. The van der Waals surface area contributed by atoms with Gasteiger partial charge in [-0.2, -0.15) is 0 Å². The Hall–Kier alpha value is -2.63. The second kappa shape index (κ2) is 4.56. The zero-order valence-electron chi connectivity index (χ0n) is 9.87. The van der Waals surface area contributed by atoms with Crippen LogP contribution in [0.15, 0.2) is 30.7 Å². The Morgan fingerprint density at radius 3 is 3.00 bits per heavy atom. The zero-order chi connectivity index (χ0) is 13.2. The fourth-order valence-electron chi connectivity index (χ4n) is 1.95. The lowest BCUT2D eigenvalue weighted by molar-refractivity contribution is -0.136. The van der Waals surface area contributed by atoms with Crippen LogP contribution in [0.3, 0.4) is 0 Å². The van der Waals surface area contributed by atoms with Gasteiger partial charge in [-0.05, 0) is 18.2 Å². The number of ether oxygens (including phenoxy) is 2. The first-order chi connectivity index (χ1) is 9.24. The van der Waals surface area contributed by atoms with Gasteiger partial charge in [-0.25, -0.2) is 9.97 Å². The summed E-state index contributed by atoms with van der Waals surface area (Å²) in [4.78, 5) is 18.9. The highest BCUT2D eigenvalue weighted by Crippen LogP contribution is 2.36. The lowest BCUT2D eigenvalue weighted by Gasteiger charge is -2.06. The minimum Gasteiger partial charge on any atom is -0.481 e. The van der Waals surface area contributed by atoms with Crippen LogP contribution in [0, 0.1) is 0 Å². The van der Waals surface area contributed by atoms with Gasteiger partial charge in [0.15, 0.2) is 11.5 Å². The molecule has 6 nitrogen and oxygen atoms in total. The molecule has 2 heterocycles. The number of aliphatic carboxylic acids is 1. The molecule has 19 heavy (non-hydrogen) atoms. The van der Waals surface area contributed by atoms with Crippen molar-refractivity contribution in [3.63, 3.8) is 0 Å². The van der Waals surface area contributed by atoms with E-state index < -0.39 is 5.97 Å². The molecule has 0 fully saturated rings. The van der Waals surface area contributed by atoms with Crippen molar-refractivity contribution in [1.82, 2.24) is 9.97 Å². The molecule has 1 aromatic heterocycles. The number of benzene rings is 1. The molecule has 96 valence electrons. The zero-order valence-corrected chi connectivity index (χ0v) is 9.87. The van der Waals surface area contributed by atoms with E-state index in [4.69, 9.17) is 14.6 Å². The highest BCUT2D eigenvalue weighted by atomic mass is 16.7. The summed E-state index contributed by atoms with van der Waals surface area (Å²) in [5.74, 6) is 0.395. The average molecular weight is 258 g/mol. The Balaban J connectivity index is 2.04. The summed E-state index contributed by atoms with van der Waals surface area (Å²) >= 11 is 0. The molecule has 6 heteroatoms. The van der Waals surface area contributed by atoms with E-state index in [2.05, 4.69) is 9.97 Å². The van der Waals surface area contributed by atoms with Gasteiger partial charge < -0.3 is 14.6 Å².